The van der Waals surface area contributed by atoms with Crippen molar-refractivity contribution in [3.8, 4) is 0 Å². The van der Waals surface area contributed by atoms with Crippen molar-refractivity contribution in [3.63, 3.8) is 0 Å². The molecule has 0 atom stereocenters. The van der Waals surface area contributed by atoms with Gasteiger partial charge in [-0.1, -0.05) is 0 Å². The van der Waals surface area contributed by atoms with Gasteiger partial charge in [-0.2, -0.15) is 0 Å². The van der Waals surface area contributed by atoms with E-state index in [1.165, 1.54) is 5.69 Å². The third-order valence-corrected chi connectivity index (χ3v) is 4.39. The molecule has 2 aromatic heterocycles. The summed E-state index contributed by atoms with van der Waals surface area (Å²) in [5, 5.41) is 3.99. The number of aromatic nitrogens is 2. The SMILES string of the molecule is O=C(Nc1cc2[nH]c(C3CCOCC3)cc2cn1)C1CC1. The number of nitrogens with zero attached hydrogens (tertiary/aromatic N) is 1. The number of carbonyl (C=O) groups excluding carboxylic acids is 1. The van der Waals surface area contributed by atoms with Crippen LogP contribution in [0.3, 0.4) is 0 Å². The average Bonchev–Trinajstić information content (AvgIpc) is 3.28. The molecule has 0 bridgehead atoms. The second-order valence-corrected chi connectivity index (χ2v) is 6.03. The maximum absolute atomic E-state index is 11.8. The van der Waals surface area contributed by atoms with Gasteiger partial charge in [0.1, 0.15) is 5.82 Å². The summed E-state index contributed by atoms with van der Waals surface area (Å²) in [6.07, 6.45) is 5.96. The highest BCUT2D eigenvalue weighted by Crippen LogP contribution is 2.31. The number of amides is 1. The third-order valence-electron chi connectivity index (χ3n) is 4.39. The lowest BCUT2D eigenvalue weighted by atomic mass is 9.97. The summed E-state index contributed by atoms with van der Waals surface area (Å²) >= 11 is 0. The van der Waals surface area contributed by atoms with E-state index in [-0.39, 0.29) is 11.8 Å². The molecule has 2 aromatic rings. The second-order valence-electron chi connectivity index (χ2n) is 6.03. The second kappa shape index (κ2) is 5.15. The van der Waals surface area contributed by atoms with Crippen molar-refractivity contribution in [2.75, 3.05) is 18.5 Å². The normalized spacial score (nSPS) is 19.8. The maximum Gasteiger partial charge on any atom is 0.228 e. The Balaban J connectivity index is 1.57. The van der Waals surface area contributed by atoms with E-state index in [9.17, 15) is 4.79 Å². The van der Waals surface area contributed by atoms with Crippen LogP contribution >= 0.6 is 0 Å². The molecule has 3 heterocycles. The highest BCUT2D eigenvalue weighted by molar-refractivity contribution is 5.94. The molecular formula is C16H19N3O2. The van der Waals surface area contributed by atoms with Crippen molar-refractivity contribution in [1.82, 2.24) is 9.97 Å². The Bertz CT molecular complexity index is 669. The first-order valence-corrected chi connectivity index (χ1v) is 7.67. The van der Waals surface area contributed by atoms with Crippen LogP contribution in [0.1, 0.15) is 37.3 Å². The molecule has 2 aliphatic rings. The molecule has 1 aliphatic carbocycles. The van der Waals surface area contributed by atoms with E-state index < -0.39 is 0 Å². The molecule has 1 saturated carbocycles. The van der Waals surface area contributed by atoms with Crippen LogP contribution in [0.4, 0.5) is 5.82 Å². The molecular weight excluding hydrogens is 266 g/mol. The topological polar surface area (TPSA) is 67.0 Å². The number of aromatic amines is 1. The molecule has 0 radical (unpaired) electrons. The van der Waals surface area contributed by atoms with E-state index >= 15 is 0 Å². The predicted octanol–water partition coefficient (Wildman–Crippen LogP) is 2.81. The van der Waals surface area contributed by atoms with Gasteiger partial charge in [-0.05, 0) is 31.7 Å². The molecule has 2 N–H and O–H groups in total. The van der Waals surface area contributed by atoms with Crippen LogP contribution in [-0.2, 0) is 9.53 Å². The summed E-state index contributed by atoms with van der Waals surface area (Å²) in [6, 6.07) is 4.10. The first-order valence-electron chi connectivity index (χ1n) is 7.67. The lowest BCUT2D eigenvalue weighted by molar-refractivity contribution is -0.117. The Hall–Kier alpha value is -1.88. The van der Waals surface area contributed by atoms with E-state index in [0.29, 0.717) is 11.7 Å². The number of nitrogens with one attached hydrogen (secondary N) is 2. The first kappa shape index (κ1) is 12.8. The Morgan fingerprint density at radius 3 is 2.81 bits per heavy atom. The molecule has 5 nitrogen and oxygen atoms in total. The van der Waals surface area contributed by atoms with Gasteiger partial charge in [-0.3, -0.25) is 4.79 Å². The molecule has 2 fully saturated rings. The summed E-state index contributed by atoms with van der Waals surface area (Å²) in [5.41, 5.74) is 2.29. The van der Waals surface area contributed by atoms with Crippen LogP contribution in [0.25, 0.3) is 10.9 Å². The van der Waals surface area contributed by atoms with Gasteiger partial charge >= 0.3 is 0 Å². The lowest BCUT2D eigenvalue weighted by Gasteiger charge is -2.20. The van der Waals surface area contributed by atoms with Gasteiger partial charge in [0.25, 0.3) is 0 Å². The minimum Gasteiger partial charge on any atom is -0.381 e. The molecule has 1 saturated heterocycles. The molecule has 21 heavy (non-hydrogen) atoms. The van der Waals surface area contributed by atoms with Crippen molar-refractivity contribution >= 4 is 22.6 Å². The van der Waals surface area contributed by atoms with Gasteiger partial charge in [0.15, 0.2) is 0 Å². The van der Waals surface area contributed by atoms with Crippen molar-refractivity contribution in [3.05, 3.63) is 24.0 Å². The van der Waals surface area contributed by atoms with E-state index in [1.54, 1.807) is 0 Å². The van der Waals surface area contributed by atoms with E-state index in [0.717, 1.165) is 49.8 Å². The van der Waals surface area contributed by atoms with Gasteiger partial charge < -0.3 is 15.0 Å². The van der Waals surface area contributed by atoms with Crippen LogP contribution < -0.4 is 5.32 Å². The van der Waals surface area contributed by atoms with Gasteiger partial charge in [0.2, 0.25) is 5.91 Å². The van der Waals surface area contributed by atoms with Gasteiger partial charge in [-0.15, -0.1) is 0 Å². The van der Waals surface area contributed by atoms with E-state index in [1.807, 2.05) is 12.3 Å². The summed E-state index contributed by atoms with van der Waals surface area (Å²) in [6.45, 7) is 1.67. The summed E-state index contributed by atoms with van der Waals surface area (Å²) in [4.78, 5) is 19.6. The maximum atomic E-state index is 11.8. The molecule has 4 rings (SSSR count). The van der Waals surface area contributed by atoms with E-state index in [2.05, 4.69) is 21.4 Å². The first-order chi connectivity index (χ1) is 10.3. The number of H-pyrrole nitrogens is 1. The fraction of sp³-hybridized carbons (Fsp3) is 0.500. The van der Waals surface area contributed by atoms with Crippen LogP contribution in [0.2, 0.25) is 0 Å². The molecule has 0 aromatic carbocycles. The standard InChI is InChI=1S/C16H19N3O2/c20-16(11-1-2-11)19-15-8-14-12(9-17-15)7-13(18-14)10-3-5-21-6-4-10/h7-11,18H,1-6H2,(H,17,19,20). The third kappa shape index (κ3) is 2.65. The highest BCUT2D eigenvalue weighted by Gasteiger charge is 2.29. The fourth-order valence-electron chi connectivity index (χ4n) is 2.92. The van der Waals surface area contributed by atoms with Gasteiger partial charge in [0, 0.05) is 48.4 Å². The number of ether oxygens (including phenoxy) is 1. The predicted molar refractivity (Wildman–Crippen MR) is 80.2 cm³/mol. The Kier molecular flexibility index (Phi) is 3.15. The number of pyridine rings is 1. The molecule has 0 unspecified atom stereocenters. The Morgan fingerprint density at radius 2 is 2.05 bits per heavy atom. The van der Waals surface area contributed by atoms with Crippen molar-refractivity contribution < 1.29 is 9.53 Å². The van der Waals surface area contributed by atoms with Gasteiger partial charge in [-0.25, -0.2) is 4.98 Å². The monoisotopic (exact) mass is 285 g/mol. The van der Waals surface area contributed by atoms with Crippen molar-refractivity contribution in [1.29, 1.82) is 0 Å². The lowest BCUT2D eigenvalue weighted by Crippen LogP contribution is -2.14. The number of carbonyl (C=O) groups is 1. The number of hydrogen-bond donors (Lipinski definition) is 2. The van der Waals surface area contributed by atoms with Crippen molar-refractivity contribution in [2.24, 2.45) is 5.92 Å². The minimum atomic E-state index is 0.0954. The highest BCUT2D eigenvalue weighted by atomic mass is 16.5. The molecule has 1 aliphatic heterocycles. The molecule has 110 valence electrons. The zero-order valence-corrected chi connectivity index (χ0v) is 11.9. The van der Waals surface area contributed by atoms with E-state index in [4.69, 9.17) is 4.74 Å². The minimum absolute atomic E-state index is 0.0954. The molecule has 5 heteroatoms. The van der Waals surface area contributed by atoms with Crippen LogP contribution in [0, 0.1) is 5.92 Å². The van der Waals surface area contributed by atoms with Crippen LogP contribution in [0.15, 0.2) is 18.3 Å². The quantitative estimate of drug-likeness (QED) is 0.911. The number of rotatable bonds is 3. The van der Waals surface area contributed by atoms with Crippen molar-refractivity contribution in [2.45, 2.75) is 31.6 Å². The zero-order valence-electron chi connectivity index (χ0n) is 11.9. The fourth-order valence-corrected chi connectivity index (χ4v) is 2.92. The Morgan fingerprint density at radius 1 is 1.24 bits per heavy atom. The molecule has 1 amide bonds. The largest absolute Gasteiger partial charge is 0.381 e. The van der Waals surface area contributed by atoms with Crippen LogP contribution in [-0.4, -0.2) is 29.1 Å². The summed E-state index contributed by atoms with van der Waals surface area (Å²) in [5.74, 6) is 1.47. The summed E-state index contributed by atoms with van der Waals surface area (Å²) in [7, 11) is 0. The number of hydrogen-bond acceptors (Lipinski definition) is 3. The van der Waals surface area contributed by atoms with Crippen LogP contribution in [0.5, 0.6) is 0 Å². The number of fused-ring (bicyclic) bond motifs is 1. The van der Waals surface area contributed by atoms with Gasteiger partial charge in [0.05, 0.1) is 5.52 Å². The average molecular weight is 285 g/mol. The smallest absolute Gasteiger partial charge is 0.228 e. The summed E-state index contributed by atoms with van der Waals surface area (Å²) < 4.78 is 5.41. The molecule has 0 spiro atoms. The Labute approximate surface area is 123 Å². The zero-order chi connectivity index (χ0) is 14.2. The number of anilines is 1.